The monoisotopic (exact) mass is 227 g/mol. The van der Waals surface area contributed by atoms with Crippen molar-refractivity contribution in [3.8, 4) is 0 Å². The highest BCUT2D eigenvalue weighted by atomic mass is 35.5. The first-order valence-electron chi connectivity index (χ1n) is 5.20. The van der Waals surface area contributed by atoms with Crippen LogP contribution >= 0.6 is 12.4 Å². The van der Waals surface area contributed by atoms with E-state index in [0.29, 0.717) is 6.04 Å². The predicted molar refractivity (Wildman–Crippen MR) is 65.0 cm³/mol. The Morgan fingerprint density at radius 1 is 1.40 bits per heavy atom. The molecule has 2 atom stereocenters. The van der Waals surface area contributed by atoms with Crippen LogP contribution in [0.3, 0.4) is 0 Å². The highest BCUT2D eigenvalue weighted by Gasteiger charge is 2.19. The molecule has 84 valence electrons. The van der Waals surface area contributed by atoms with Gasteiger partial charge in [-0.2, -0.15) is 0 Å². The smallest absolute Gasteiger partial charge is 0.0574 e. The molecule has 2 heterocycles. The van der Waals surface area contributed by atoms with Crippen molar-refractivity contribution in [1.82, 2.24) is 10.3 Å². The Balaban J connectivity index is 0.00000112. The first kappa shape index (κ1) is 12.3. The van der Waals surface area contributed by atoms with Crippen LogP contribution in [0.1, 0.15) is 31.5 Å². The van der Waals surface area contributed by atoms with E-state index in [1.54, 1.807) is 6.20 Å². The van der Waals surface area contributed by atoms with Gasteiger partial charge in [0.25, 0.3) is 0 Å². The summed E-state index contributed by atoms with van der Waals surface area (Å²) < 4.78 is 0. The summed E-state index contributed by atoms with van der Waals surface area (Å²) in [7, 11) is 0. The number of rotatable bonds is 1. The van der Waals surface area contributed by atoms with Crippen LogP contribution in [-0.4, -0.2) is 11.5 Å². The van der Waals surface area contributed by atoms with E-state index in [1.165, 1.54) is 12.8 Å². The number of piperidine rings is 1. The summed E-state index contributed by atoms with van der Waals surface area (Å²) >= 11 is 0. The molecule has 1 aliphatic heterocycles. The molecule has 0 saturated carbocycles. The average molecular weight is 228 g/mol. The fourth-order valence-corrected chi connectivity index (χ4v) is 1.87. The number of nitrogens with one attached hydrogen (secondary N) is 1. The third-order valence-electron chi connectivity index (χ3n) is 2.83. The molecule has 0 amide bonds. The number of nitrogens with two attached hydrogens (primary N) is 1. The molecular weight excluding hydrogens is 210 g/mol. The Labute approximate surface area is 96.9 Å². The zero-order valence-electron chi connectivity index (χ0n) is 8.94. The summed E-state index contributed by atoms with van der Waals surface area (Å²) in [5.41, 5.74) is 7.45. The van der Waals surface area contributed by atoms with Gasteiger partial charge in [0.1, 0.15) is 0 Å². The highest BCUT2D eigenvalue weighted by Crippen LogP contribution is 2.24. The van der Waals surface area contributed by atoms with Crippen molar-refractivity contribution in [2.75, 3.05) is 12.3 Å². The number of nitrogen functional groups attached to an aromatic ring is 1. The van der Waals surface area contributed by atoms with E-state index >= 15 is 0 Å². The highest BCUT2D eigenvalue weighted by molar-refractivity contribution is 5.85. The van der Waals surface area contributed by atoms with E-state index in [1.807, 2.05) is 12.1 Å². The minimum atomic E-state index is 0. The number of halogens is 1. The molecule has 15 heavy (non-hydrogen) atoms. The molecule has 0 unspecified atom stereocenters. The van der Waals surface area contributed by atoms with E-state index in [-0.39, 0.29) is 12.4 Å². The summed E-state index contributed by atoms with van der Waals surface area (Å²) in [4.78, 5) is 4.34. The van der Waals surface area contributed by atoms with Crippen molar-refractivity contribution < 1.29 is 0 Å². The third kappa shape index (κ3) is 3.08. The van der Waals surface area contributed by atoms with Gasteiger partial charge in [0.2, 0.25) is 0 Å². The second-order valence-corrected chi connectivity index (χ2v) is 4.16. The number of anilines is 1. The lowest BCUT2D eigenvalue weighted by Crippen LogP contribution is -2.32. The fraction of sp³-hybridized carbons (Fsp3) is 0.545. The second kappa shape index (κ2) is 5.33. The van der Waals surface area contributed by atoms with Crippen LogP contribution in [0.15, 0.2) is 18.3 Å². The molecule has 0 aromatic carbocycles. The number of hydrogen-bond acceptors (Lipinski definition) is 3. The Kier molecular flexibility index (Phi) is 4.36. The predicted octanol–water partition coefficient (Wildman–Crippen LogP) is 2.15. The zero-order chi connectivity index (χ0) is 9.97. The van der Waals surface area contributed by atoms with Crippen LogP contribution in [0.25, 0.3) is 0 Å². The van der Waals surface area contributed by atoms with Gasteiger partial charge < -0.3 is 11.1 Å². The maximum atomic E-state index is 5.60. The van der Waals surface area contributed by atoms with Gasteiger partial charge in [-0.25, -0.2) is 0 Å². The van der Waals surface area contributed by atoms with Crippen molar-refractivity contribution in [2.24, 2.45) is 5.92 Å². The number of nitrogens with zero attached hydrogens (tertiary/aromatic N) is 1. The fourth-order valence-electron chi connectivity index (χ4n) is 1.87. The van der Waals surface area contributed by atoms with Crippen LogP contribution in [0.4, 0.5) is 5.69 Å². The zero-order valence-corrected chi connectivity index (χ0v) is 9.76. The molecule has 0 radical (unpaired) electrons. The molecule has 1 aromatic heterocycles. The molecule has 1 aliphatic rings. The summed E-state index contributed by atoms with van der Waals surface area (Å²) in [5.74, 6) is 0.792. The molecule has 0 aliphatic carbocycles. The Morgan fingerprint density at radius 2 is 2.20 bits per heavy atom. The third-order valence-corrected chi connectivity index (χ3v) is 2.83. The Morgan fingerprint density at radius 3 is 2.73 bits per heavy atom. The van der Waals surface area contributed by atoms with Crippen LogP contribution in [0.2, 0.25) is 0 Å². The normalized spacial score (nSPS) is 25.7. The number of pyridine rings is 1. The summed E-state index contributed by atoms with van der Waals surface area (Å²) in [6.07, 6.45) is 4.19. The maximum absolute atomic E-state index is 5.60. The topological polar surface area (TPSA) is 50.9 Å². The molecule has 1 fully saturated rings. The summed E-state index contributed by atoms with van der Waals surface area (Å²) in [6.45, 7) is 3.37. The van der Waals surface area contributed by atoms with Gasteiger partial charge in [0, 0.05) is 6.04 Å². The van der Waals surface area contributed by atoms with Gasteiger partial charge in [-0.15, -0.1) is 12.4 Å². The molecule has 3 N–H and O–H groups in total. The lowest BCUT2D eigenvalue weighted by atomic mass is 9.94. The molecule has 0 bridgehead atoms. The van der Waals surface area contributed by atoms with Gasteiger partial charge in [0.15, 0.2) is 0 Å². The van der Waals surface area contributed by atoms with Gasteiger partial charge in [-0.05, 0) is 37.4 Å². The van der Waals surface area contributed by atoms with Gasteiger partial charge in [-0.3, -0.25) is 4.98 Å². The van der Waals surface area contributed by atoms with Crippen LogP contribution in [0, 0.1) is 5.92 Å². The number of aromatic nitrogens is 1. The van der Waals surface area contributed by atoms with Crippen molar-refractivity contribution in [3.05, 3.63) is 24.0 Å². The molecular formula is C11H18ClN3. The molecule has 2 rings (SSSR count). The van der Waals surface area contributed by atoms with Crippen molar-refractivity contribution >= 4 is 18.1 Å². The molecule has 1 saturated heterocycles. The Bertz CT molecular complexity index is 291. The quantitative estimate of drug-likeness (QED) is 0.773. The maximum Gasteiger partial charge on any atom is 0.0574 e. The number of hydrogen-bond donors (Lipinski definition) is 2. The molecule has 3 nitrogen and oxygen atoms in total. The van der Waals surface area contributed by atoms with Gasteiger partial charge >= 0.3 is 0 Å². The first-order valence-corrected chi connectivity index (χ1v) is 5.20. The average Bonchev–Trinajstić information content (AvgIpc) is 2.21. The van der Waals surface area contributed by atoms with E-state index < -0.39 is 0 Å². The van der Waals surface area contributed by atoms with E-state index in [2.05, 4.69) is 17.2 Å². The summed E-state index contributed by atoms with van der Waals surface area (Å²) in [6, 6.07) is 4.36. The summed E-state index contributed by atoms with van der Waals surface area (Å²) in [5, 5.41) is 3.50. The van der Waals surface area contributed by atoms with Gasteiger partial charge in [0.05, 0.1) is 17.6 Å². The first-order chi connectivity index (χ1) is 6.75. The SMILES string of the molecule is C[C@@H]1CC[C@@H](c2ccc(N)cn2)NC1.Cl. The largest absolute Gasteiger partial charge is 0.397 e. The van der Waals surface area contributed by atoms with Gasteiger partial charge in [-0.1, -0.05) is 6.92 Å². The Hall–Kier alpha value is -0.800. The lowest BCUT2D eigenvalue weighted by Gasteiger charge is -2.27. The standard InChI is InChI=1S/C11H17N3.ClH/c1-8-2-4-10(13-6-8)11-5-3-9(12)7-14-11;/h3,5,7-8,10,13H,2,4,6,12H2,1H3;1H/t8-,10+;/m1./s1. The van der Waals surface area contributed by atoms with E-state index in [9.17, 15) is 0 Å². The van der Waals surface area contributed by atoms with E-state index in [4.69, 9.17) is 5.73 Å². The van der Waals surface area contributed by atoms with Crippen molar-refractivity contribution in [2.45, 2.75) is 25.8 Å². The lowest BCUT2D eigenvalue weighted by molar-refractivity contribution is 0.328. The minimum absolute atomic E-state index is 0. The van der Waals surface area contributed by atoms with E-state index in [0.717, 1.165) is 23.8 Å². The van der Waals surface area contributed by atoms with Crippen molar-refractivity contribution in [1.29, 1.82) is 0 Å². The molecule has 1 aromatic rings. The minimum Gasteiger partial charge on any atom is -0.397 e. The molecule has 4 heteroatoms. The molecule has 0 spiro atoms. The van der Waals surface area contributed by atoms with Crippen molar-refractivity contribution in [3.63, 3.8) is 0 Å². The van der Waals surface area contributed by atoms with Crippen LogP contribution in [0.5, 0.6) is 0 Å². The van der Waals surface area contributed by atoms with Crippen LogP contribution in [-0.2, 0) is 0 Å². The second-order valence-electron chi connectivity index (χ2n) is 4.16. The van der Waals surface area contributed by atoms with Crippen LogP contribution < -0.4 is 11.1 Å².